The number of carbonyl (C=O) groups is 1. The van der Waals surface area contributed by atoms with E-state index >= 15 is 0 Å². The number of hydrogen-bond acceptors (Lipinski definition) is 3. The summed E-state index contributed by atoms with van der Waals surface area (Å²) < 4.78 is 0. The van der Waals surface area contributed by atoms with E-state index in [2.05, 4.69) is 12.2 Å². The van der Waals surface area contributed by atoms with Gasteiger partial charge in [-0.15, -0.1) is 0 Å². The lowest BCUT2D eigenvalue weighted by Crippen LogP contribution is -2.53. The topological polar surface area (TPSA) is 49.3 Å². The molecule has 0 aromatic rings. The van der Waals surface area contributed by atoms with Crippen molar-refractivity contribution < 1.29 is 9.90 Å². The van der Waals surface area contributed by atoms with E-state index in [0.717, 1.165) is 5.92 Å². The number of thioether (sulfide) groups is 1. The van der Waals surface area contributed by atoms with E-state index in [-0.39, 0.29) is 6.04 Å². The summed E-state index contributed by atoms with van der Waals surface area (Å²) in [4.78, 5) is 11.5. The molecule has 1 aliphatic carbocycles. The summed E-state index contributed by atoms with van der Waals surface area (Å²) in [6.07, 6.45) is 6.15. The lowest BCUT2D eigenvalue weighted by Gasteiger charge is -2.31. The molecule has 0 radical (unpaired) electrons. The first-order valence-electron chi connectivity index (χ1n) is 7.46. The number of carboxylic acids is 1. The van der Waals surface area contributed by atoms with Crippen molar-refractivity contribution in [3.63, 3.8) is 0 Å². The van der Waals surface area contributed by atoms with E-state index in [1.165, 1.54) is 31.4 Å². The Balaban J connectivity index is 2.41. The van der Waals surface area contributed by atoms with Crippen LogP contribution in [-0.4, -0.2) is 33.7 Å². The molecular formula is C15H29NO2S. The second-order valence-electron chi connectivity index (χ2n) is 6.43. The fourth-order valence-corrected chi connectivity index (χ4v) is 4.34. The molecule has 0 aliphatic heterocycles. The Bertz CT molecular complexity index is 290. The molecule has 0 saturated heterocycles. The quantitative estimate of drug-likeness (QED) is 0.717. The molecule has 0 amide bonds. The zero-order valence-electron chi connectivity index (χ0n) is 12.7. The van der Waals surface area contributed by atoms with Gasteiger partial charge in [0.05, 0.1) is 0 Å². The largest absolute Gasteiger partial charge is 0.480 e. The van der Waals surface area contributed by atoms with Crippen LogP contribution < -0.4 is 5.32 Å². The molecule has 0 aromatic heterocycles. The van der Waals surface area contributed by atoms with E-state index in [1.807, 2.05) is 32.5 Å². The van der Waals surface area contributed by atoms with Crippen LogP contribution in [0.15, 0.2) is 0 Å². The van der Waals surface area contributed by atoms with Gasteiger partial charge in [-0.3, -0.25) is 10.1 Å². The first kappa shape index (κ1) is 16.8. The van der Waals surface area contributed by atoms with Crippen molar-refractivity contribution in [2.24, 2.45) is 5.92 Å². The van der Waals surface area contributed by atoms with Crippen molar-refractivity contribution >= 4 is 17.7 Å². The molecular weight excluding hydrogens is 258 g/mol. The van der Waals surface area contributed by atoms with Gasteiger partial charge in [0.2, 0.25) is 0 Å². The standard InChI is InChI=1S/C15H29NO2S/c1-11(2)16-15(4,14(17)18)9-12(3)19-10-13-7-5-6-8-13/h11-13,16H,5-10H2,1-4H3,(H,17,18). The molecule has 1 aliphatic rings. The minimum absolute atomic E-state index is 0.188. The van der Waals surface area contributed by atoms with Crippen LogP contribution in [-0.2, 0) is 4.79 Å². The van der Waals surface area contributed by atoms with Crippen LogP contribution in [0.1, 0.15) is 59.8 Å². The molecule has 1 saturated carbocycles. The van der Waals surface area contributed by atoms with Crippen molar-refractivity contribution in [1.29, 1.82) is 0 Å². The van der Waals surface area contributed by atoms with Gasteiger partial charge in [0.1, 0.15) is 5.54 Å². The van der Waals surface area contributed by atoms with Crippen LogP contribution >= 0.6 is 11.8 Å². The molecule has 0 aromatic carbocycles. The van der Waals surface area contributed by atoms with E-state index in [0.29, 0.717) is 11.7 Å². The Morgan fingerprint density at radius 1 is 1.37 bits per heavy atom. The first-order valence-corrected chi connectivity index (χ1v) is 8.51. The maximum absolute atomic E-state index is 11.5. The Morgan fingerprint density at radius 3 is 2.42 bits per heavy atom. The second kappa shape index (κ2) is 7.53. The molecule has 4 heteroatoms. The SMILES string of the molecule is CC(C)NC(C)(CC(C)SCC1CCCC1)C(=O)O. The predicted octanol–water partition coefficient (Wildman–Crippen LogP) is 3.53. The molecule has 112 valence electrons. The lowest BCUT2D eigenvalue weighted by atomic mass is 9.95. The summed E-state index contributed by atoms with van der Waals surface area (Å²) >= 11 is 1.94. The number of aliphatic carboxylic acids is 1. The molecule has 2 N–H and O–H groups in total. The highest BCUT2D eigenvalue weighted by molar-refractivity contribution is 7.99. The maximum Gasteiger partial charge on any atom is 0.323 e. The van der Waals surface area contributed by atoms with Gasteiger partial charge >= 0.3 is 5.97 Å². The van der Waals surface area contributed by atoms with Gasteiger partial charge in [0.25, 0.3) is 0 Å². The summed E-state index contributed by atoms with van der Waals surface area (Å²) in [7, 11) is 0. The van der Waals surface area contributed by atoms with Crippen LogP contribution in [0.2, 0.25) is 0 Å². The van der Waals surface area contributed by atoms with Gasteiger partial charge in [0.15, 0.2) is 0 Å². The highest BCUT2D eigenvalue weighted by Crippen LogP contribution is 2.31. The normalized spacial score (nSPS) is 21.5. The van der Waals surface area contributed by atoms with Gasteiger partial charge in [-0.1, -0.05) is 19.8 Å². The molecule has 0 bridgehead atoms. The van der Waals surface area contributed by atoms with Gasteiger partial charge in [0, 0.05) is 11.3 Å². The zero-order chi connectivity index (χ0) is 14.5. The van der Waals surface area contributed by atoms with Gasteiger partial charge < -0.3 is 5.11 Å². The van der Waals surface area contributed by atoms with Gasteiger partial charge in [-0.05, 0) is 51.7 Å². The third kappa shape index (κ3) is 5.74. The van der Waals surface area contributed by atoms with E-state index < -0.39 is 11.5 Å². The van der Waals surface area contributed by atoms with Crippen molar-refractivity contribution in [3.8, 4) is 0 Å². The predicted molar refractivity (Wildman–Crippen MR) is 82.8 cm³/mol. The second-order valence-corrected chi connectivity index (χ2v) is 7.91. The number of carboxylic acid groups (broad SMARTS) is 1. The van der Waals surface area contributed by atoms with E-state index in [9.17, 15) is 9.90 Å². The first-order chi connectivity index (χ1) is 8.83. The Morgan fingerprint density at radius 2 is 1.95 bits per heavy atom. The average Bonchev–Trinajstić information content (AvgIpc) is 2.77. The summed E-state index contributed by atoms with van der Waals surface area (Å²) in [5.74, 6) is 1.31. The molecule has 0 heterocycles. The van der Waals surface area contributed by atoms with Gasteiger partial charge in [-0.25, -0.2) is 0 Å². The molecule has 1 rings (SSSR count). The minimum Gasteiger partial charge on any atom is -0.480 e. The third-order valence-corrected chi connectivity index (χ3v) is 5.27. The smallest absolute Gasteiger partial charge is 0.323 e. The highest BCUT2D eigenvalue weighted by Gasteiger charge is 2.35. The minimum atomic E-state index is -0.809. The van der Waals surface area contributed by atoms with E-state index in [1.54, 1.807) is 0 Å². The van der Waals surface area contributed by atoms with Crippen molar-refractivity contribution in [2.45, 2.75) is 76.6 Å². The fourth-order valence-electron chi connectivity index (χ4n) is 2.96. The van der Waals surface area contributed by atoms with Gasteiger partial charge in [-0.2, -0.15) is 11.8 Å². The monoisotopic (exact) mass is 287 g/mol. The van der Waals surface area contributed by atoms with Crippen LogP contribution in [0, 0.1) is 5.92 Å². The Kier molecular flexibility index (Phi) is 6.67. The lowest BCUT2D eigenvalue weighted by molar-refractivity contribution is -0.144. The molecule has 3 nitrogen and oxygen atoms in total. The van der Waals surface area contributed by atoms with Crippen LogP contribution in [0.5, 0.6) is 0 Å². The van der Waals surface area contributed by atoms with Crippen molar-refractivity contribution in [3.05, 3.63) is 0 Å². The Labute approximate surface area is 121 Å². The highest BCUT2D eigenvalue weighted by atomic mass is 32.2. The van der Waals surface area contributed by atoms with Crippen molar-refractivity contribution in [2.75, 3.05) is 5.75 Å². The van der Waals surface area contributed by atoms with Crippen LogP contribution in [0.25, 0.3) is 0 Å². The zero-order valence-corrected chi connectivity index (χ0v) is 13.6. The molecule has 2 unspecified atom stereocenters. The molecule has 2 atom stereocenters. The third-order valence-electron chi connectivity index (χ3n) is 3.87. The van der Waals surface area contributed by atoms with Crippen LogP contribution in [0.4, 0.5) is 0 Å². The van der Waals surface area contributed by atoms with Crippen LogP contribution in [0.3, 0.4) is 0 Å². The summed E-state index contributed by atoms with van der Waals surface area (Å²) in [6, 6.07) is 0.188. The van der Waals surface area contributed by atoms with E-state index in [4.69, 9.17) is 0 Å². The number of hydrogen-bond donors (Lipinski definition) is 2. The Hall–Kier alpha value is -0.220. The summed E-state index contributed by atoms with van der Waals surface area (Å²) in [5, 5.41) is 13.0. The van der Waals surface area contributed by atoms with Crippen molar-refractivity contribution in [1.82, 2.24) is 5.32 Å². The average molecular weight is 287 g/mol. The summed E-state index contributed by atoms with van der Waals surface area (Å²) in [5.41, 5.74) is -0.809. The molecule has 0 spiro atoms. The number of nitrogens with one attached hydrogen (secondary N) is 1. The molecule has 19 heavy (non-hydrogen) atoms. The summed E-state index contributed by atoms with van der Waals surface area (Å²) in [6.45, 7) is 7.96. The molecule has 1 fully saturated rings. The number of rotatable bonds is 8. The fraction of sp³-hybridized carbons (Fsp3) is 0.933. The maximum atomic E-state index is 11.5.